The number of aromatic amines is 1. The number of methoxy groups -OCH3 is 1. The SMILES string of the molecule is COC(=O)c1cc([N+](=O)[O-])c2[nH]c(C)c(C)c2c1. The molecule has 1 aromatic heterocycles. The van der Waals surface area contributed by atoms with Gasteiger partial charge in [0.2, 0.25) is 0 Å². The highest BCUT2D eigenvalue weighted by Gasteiger charge is 2.20. The molecule has 0 spiro atoms. The zero-order chi connectivity index (χ0) is 13.4. The lowest BCUT2D eigenvalue weighted by molar-refractivity contribution is -0.383. The largest absolute Gasteiger partial charge is 0.465 e. The number of nitrogens with one attached hydrogen (secondary N) is 1. The number of esters is 1. The third-order valence-corrected chi connectivity index (χ3v) is 3.01. The number of rotatable bonds is 2. The van der Waals surface area contributed by atoms with E-state index in [9.17, 15) is 14.9 Å². The van der Waals surface area contributed by atoms with Gasteiger partial charge in [-0.25, -0.2) is 4.79 Å². The van der Waals surface area contributed by atoms with Crippen molar-refractivity contribution in [3.8, 4) is 0 Å². The zero-order valence-corrected chi connectivity index (χ0v) is 10.2. The van der Waals surface area contributed by atoms with Crippen molar-refractivity contribution in [1.82, 2.24) is 4.98 Å². The van der Waals surface area contributed by atoms with E-state index >= 15 is 0 Å². The highest BCUT2D eigenvalue weighted by atomic mass is 16.6. The summed E-state index contributed by atoms with van der Waals surface area (Å²) in [6.45, 7) is 3.68. The van der Waals surface area contributed by atoms with Crippen LogP contribution >= 0.6 is 0 Å². The summed E-state index contributed by atoms with van der Waals surface area (Å²) in [5.41, 5.74) is 2.22. The maximum Gasteiger partial charge on any atom is 0.338 e. The topological polar surface area (TPSA) is 85.2 Å². The van der Waals surface area contributed by atoms with Gasteiger partial charge >= 0.3 is 5.97 Å². The van der Waals surface area contributed by atoms with Crippen molar-refractivity contribution in [1.29, 1.82) is 0 Å². The molecule has 0 aliphatic heterocycles. The maximum atomic E-state index is 11.5. The first-order valence-corrected chi connectivity index (χ1v) is 5.31. The summed E-state index contributed by atoms with van der Waals surface area (Å²) in [6.07, 6.45) is 0. The van der Waals surface area contributed by atoms with E-state index in [0.29, 0.717) is 10.9 Å². The third-order valence-electron chi connectivity index (χ3n) is 3.01. The first-order chi connectivity index (χ1) is 8.45. The molecule has 18 heavy (non-hydrogen) atoms. The normalized spacial score (nSPS) is 10.6. The molecule has 0 saturated carbocycles. The Kier molecular flexibility index (Phi) is 2.78. The van der Waals surface area contributed by atoms with Gasteiger partial charge in [0.1, 0.15) is 5.52 Å². The number of hydrogen-bond donors (Lipinski definition) is 1. The number of carbonyl (C=O) groups excluding carboxylic acids is 1. The average molecular weight is 248 g/mol. The fourth-order valence-electron chi connectivity index (χ4n) is 1.92. The number of nitro groups is 1. The van der Waals surface area contributed by atoms with E-state index in [-0.39, 0.29) is 11.3 Å². The van der Waals surface area contributed by atoms with E-state index in [1.165, 1.54) is 13.2 Å². The fraction of sp³-hybridized carbons (Fsp3) is 0.250. The highest BCUT2D eigenvalue weighted by Crippen LogP contribution is 2.30. The Hall–Kier alpha value is -2.37. The molecule has 0 aliphatic carbocycles. The second kappa shape index (κ2) is 4.14. The summed E-state index contributed by atoms with van der Waals surface area (Å²) in [5, 5.41) is 11.7. The molecule has 94 valence electrons. The lowest BCUT2D eigenvalue weighted by atomic mass is 10.1. The molecule has 0 aliphatic rings. The molecule has 0 atom stereocenters. The summed E-state index contributed by atoms with van der Waals surface area (Å²) >= 11 is 0. The van der Waals surface area contributed by atoms with Crippen LogP contribution in [0.25, 0.3) is 10.9 Å². The number of hydrogen-bond acceptors (Lipinski definition) is 4. The van der Waals surface area contributed by atoms with Gasteiger partial charge in [0.15, 0.2) is 0 Å². The summed E-state index contributed by atoms with van der Waals surface area (Å²) in [5.74, 6) is -0.585. The van der Waals surface area contributed by atoms with Crippen LogP contribution in [-0.4, -0.2) is 23.0 Å². The Morgan fingerprint density at radius 3 is 2.61 bits per heavy atom. The van der Waals surface area contributed by atoms with Gasteiger partial charge in [0.05, 0.1) is 17.6 Å². The van der Waals surface area contributed by atoms with Crippen molar-refractivity contribution in [2.75, 3.05) is 7.11 Å². The standard InChI is InChI=1S/C12H12N2O4/c1-6-7(2)13-11-9(6)4-8(12(15)18-3)5-10(11)14(16)17/h4-5,13H,1-3H3. The van der Waals surface area contributed by atoms with Crippen molar-refractivity contribution in [3.63, 3.8) is 0 Å². The Bertz CT molecular complexity index is 658. The number of non-ortho nitro benzene ring substituents is 1. The summed E-state index contributed by atoms with van der Waals surface area (Å²) in [7, 11) is 1.24. The highest BCUT2D eigenvalue weighted by molar-refractivity contribution is 6.00. The van der Waals surface area contributed by atoms with Gasteiger partial charge in [-0.1, -0.05) is 0 Å². The Morgan fingerprint density at radius 2 is 2.06 bits per heavy atom. The van der Waals surface area contributed by atoms with Crippen LogP contribution in [0.4, 0.5) is 5.69 Å². The fourth-order valence-corrected chi connectivity index (χ4v) is 1.92. The predicted molar refractivity (Wildman–Crippen MR) is 65.8 cm³/mol. The molecule has 0 fully saturated rings. The Morgan fingerprint density at radius 1 is 1.39 bits per heavy atom. The second-order valence-electron chi connectivity index (χ2n) is 4.04. The second-order valence-corrected chi connectivity index (χ2v) is 4.04. The molecule has 1 N–H and O–H groups in total. The van der Waals surface area contributed by atoms with E-state index in [1.807, 2.05) is 13.8 Å². The molecule has 2 aromatic rings. The molecule has 0 bridgehead atoms. The van der Waals surface area contributed by atoms with Crippen LogP contribution in [0.3, 0.4) is 0 Å². The van der Waals surface area contributed by atoms with Gasteiger partial charge in [-0.15, -0.1) is 0 Å². The van der Waals surface area contributed by atoms with E-state index < -0.39 is 10.9 Å². The first kappa shape index (κ1) is 12.1. The van der Waals surface area contributed by atoms with Gasteiger partial charge in [0, 0.05) is 17.1 Å². The number of nitro benzene ring substituents is 1. The van der Waals surface area contributed by atoms with Crippen LogP contribution < -0.4 is 0 Å². The molecule has 6 heteroatoms. The number of ether oxygens (including phenoxy) is 1. The molecule has 2 rings (SSSR count). The maximum absolute atomic E-state index is 11.5. The van der Waals surface area contributed by atoms with E-state index in [1.54, 1.807) is 6.07 Å². The minimum Gasteiger partial charge on any atom is -0.465 e. The quantitative estimate of drug-likeness (QED) is 0.502. The Labute approximate surface area is 103 Å². The zero-order valence-electron chi connectivity index (χ0n) is 10.2. The first-order valence-electron chi connectivity index (χ1n) is 5.31. The van der Waals surface area contributed by atoms with Gasteiger partial charge in [-0.2, -0.15) is 0 Å². The molecule has 0 radical (unpaired) electrons. The number of fused-ring (bicyclic) bond motifs is 1. The number of aromatic nitrogens is 1. The molecule has 1 heterocycles. The molecule has 0 amide bonds. The van der Waals surface area contributed by atoms with Gasteiger partial charge in [0.25, 0.3) is 5.69 Å². The van der Waals surface area contributed by atoms with Gasteiger partial charge in [-0.3, -0.25) is 10.1 Å². The van der Waals surface area contributed by atoms with Crippen LogP contribution in [0.1, 0.15) is 21.6 Å². The molecule has 6 nitrogen and oxygen atoms in total. The van der Waals surface area contributed by atoms with E-state index in [4.69, 9.17) is 0 Å². The van der Waals surface area contributed by atoms with Crippen LogP contribution in [-0.2, 0) is 4.74 Å². The third kappa shape index (κ3) is 1.71. The van der Waals surface area contributed by atoms with Gasteiger partial charge in [-0.05, 0) is 25.5 Å². The average Bonchev–Trinajstić information content (AvgIpc) is 2.63. The molecule has 0 unspecified atom stereocenters. The number of aryl methyl sites for hydroxylation is 2. The number of nitrogens with zero attached hydrogens (tertiary/aromatic N) is 1. The minimum atomic E-state index is -0.585. The monoisotopic (exact) mass is 248 g/mol. The van der Waals surface area contributed by atoms with Crippen LogP contribution in [0.2, 0.25) is 0 Å². The van der Waals surface area contributed by atoms with E-state index in [0.717, 1.165) is 11.3 Å². The molecule has 0 saturated heterocycles. The lowest BCUT2D eigenvalue weighted by Gasteiger charge is -2.01. The summed E-state index contributed by atoms with van der Waals surface area (Å²) in [4.78, 5) is 25.0. The Balaban J connectivity index is 2.83. The molecular formula is C12H12N2O4. The number of carbonyl (C=O) groups is 1. The van der Waals surface area contributed by atoms with Crippen molar-refractivity contribution in [2.24, 2.45) is 0 Å². The molecule has 1 aromatic carbocycles. The smallest absolute Gasteiger partial charge is 0.338 e. The van der Waals surface area contributed by atoms with Crippen LogP contribution in [0, 0.1) is 24.0 Å². The van der Waals surface area contributed by atoms with Crippen LogP contribution in [0.5, 0.6) is 0 Å². The number of H-pyrrole nitrogens is 1. The van der Waals surface area contributed by atoms with E-state index in [2.05, 4.69) is 9.72 Å². The lowest BCUT2D eigenvalue weighted by Crippen LogP contribution is -2.02. The predicted octanol–water partition coefficient (Wildman–Crippen LogP) is 2.48. The van der Waals surface area contributed by atoms with Gasteiger partial charge < -0.3 is 9.72 Å². The molecular weight excluding hydrogens is 236 g/mol. The van der Waals surface area contributed by atoms with Crippen molar-refractivity contribution in [2.45, 2.75) is 13.8 Å². The number of benzene rings is 1. The van der Waals surface area contributed by atoms with Crippen molar-refractivity contribution in [3.05, 3.63) is 39.1 Å². The van der Waals surface area contributed by atoms with Crippen molar-refractivity contribution >= 4 is 22.6 Å². The van der Waals surface area contributed by atoms with Crippen LogP contribution in [0.15, 0.2) is 12.1 Å². The summed E-state index contributed by atoms with van der Waals surface area (Å²) in [6, 6.07) is 2.83. The minimum absolute atomic E-state index is 0.121. The summed E-state index contributed by atoms with van der Waals surface area (Å²) < 4.78 is 4.59. The van der Waals surface area contributed by atoms with Crippen molar-refractivity contribution < 1.29 is 14.5 Å².